The Balaban J connectivity index is 1.87. The van der Waals surface area contributed by atoms with Crippen LogP contribution in [0.1, 0.15) is 32.1 Å². The largest absolute Gasteiger partial charge is 0.302 e. The standard InChI is InChI=1S/C15H22N4/c1-19-9-8-15(7-3-2-4-13(15)19)12-5-6-14(17-10-12)18-11-16/h5-6,10-11,13H,2-4,7-9H2,1H3,(H2,16,17,18)/p+1/t13-,15-/m0/s1. The topological polar surface area (TPSA) is 56.1 Å². The summed E-state index contributed by atoms with van der Waals surface area (Å²) in [5.41, 5.74) is 1.85. The van der Waals surface area contributed by atoms with Crippen molar-refractivity contribution in [3.63, 3.8) is 0 Å². The number of allylic oxidation sites excluding steroid dienone is 1. The van der Waals surface area contributed by atoms with Crippen LogP contribution in [0.3, 0.4) is 0 Å². The lowest BCUT2D eigenvalue weighted by molar-refractivity contribution is -0.462. The molecule has 0 radical (unpaired) electrons. The summed E-state index contributed by atoms with van der Waals surface area (Å²) in [5.74, 6) is 0.883. The second-order valence-corrected chi connectivity index (χ2v) is 5.95. The number of likely N-dealkylation sites (tertiary alicyclic amines) is 1. The summed E-state index contributed by atoms with van der Waals surface area (Å²) in [5, 5.41) is 9.09. The zero-order valence-electron chi connectivity index (χ0n) is 11.6. The van der Waals surface area contributed by atoms with E-state index >= 15 is 0 Å². The average Bonchev–Trinajstić information content (AvgIpc) is 2.79. The second kappa shape index (κ2) is 5.02. The third-order valence-electron chi connectivity index (χ3n) is 5.09. The van der Waals surface area contributed by atoms with E-state index in [-0.39, 0.29) is 0 Å². The SMILES string of the molecule is CN1CC[C@]2(C3=C[NH2+]C(=NC=N)C=C3)CCCC[C@H]12. The Labute approximate surface area is 114 Å². The summed E-state index contributed by atoms with van der Waals surface area (Å²) in [7, 11) is 2.27. The first-order valence-electron chi connectivity index (χ1n) is 7.27. The number of quaternary nitrogens is 1. The molecule has 0 spiro atoms. The molecule has 0 amide bonds. The third kappa shape index (κ3) is 2.09. The number of fused-ring (bicyclic) bond motifs is 1. The van der Waals surface area contributed by atoms with Crippen LogP contribution >= 0.6 is 0 Å². The Morgan fingerprint density at radius 3 is 3.05 bits per heavy atom. The van der Waals surface area contributed by atoms with Crippen molar-refractivity contribution in [2.24, 2.45) is 10.4 Å². The van der Waals surface area contributed by atoms with Crippen molar-refractivity contribution in [3.05, 3.63) is 23.9 Å². The maximum Gasteiger partial charge on any atom is 0.230 e. The van der Waals surface area contributed by atoms with Gasteiger partial charge in [-0.3, -0.25) is 10.7 Å². The van der Waals surface area contributed by atoms with Crippen molar-refractivity contribution < 1.29 is 5.32 Å². The molecule has 2 fully saturated rings. The van der Waals surface area contributed by atoms with Gasteiger partial charge in [0.2, 0.25) is 5.84 Å². The van der Waals surface area contributed by atoms with Crippen molar-refractivity contribution in [1.29, 1.82) is 5.41 Å². The van der Waals surface area contributed by atoms with Crippen LogP contribution in [0.4, 0.5) is 0 Å². The van der Waals surface area contributed by atoms with Gasteiger partial charge in [0.25, 0.3) is 0 Å². The lowest BCUT2D eigenvalue weighted by Crippen LogP contribution is -2.83. The van der Waals surface area contributed by atoms with Gasteiger partial charge in [-0.25, -0.2) is 0 Å². The maximum absolute atomic E-state index is 7.03. The summed E-state index contributed by atoms with van der Waals surface area (Å²) in [4.78, 5) is 6.57. The molecule has 4 heteroatoms. The molecule has 4 nitrogen and oxygen atoms in total. The molecular weight excluding hydrogens is 236 g/mol. The molecule has 2 aliphatic heterocycles. The molecule has 3 N–H and O–H groups in total. The Morgan fingerprint density at radius 1 is 1.42 bits per heavy atom. The number of rotatable bonds is 2. The predicted molar refractivity (Wildman–Crippen MR) is 77.3 cm³/mol. The van der Waals surface area contributed by atoms with Crippen LogP contribution in [0, 0.1) is 10.8 Å². The van der Waals surface area contributed by atoms with Gasteiger partial charge >= 0.3 is 0 Å². The monoisotopic (exact) mass is 259 g/mol. The quantitative estimate of drug-likeness (QED) is 0.569. The van der Waals surface area contributed by atoms with Crippen LogP contribution in [0.5, 0.6) is 0 Å². The van der Waals surface area contributed by atoms with Gasteiger partial charge in [-0.2, -0.15) is 4.99 Å². The number of amidine groups is 1. The van der Waals surface area contributed by atoms with Crippen LogP contribution in [0.25, 0.3) is 0 Å². The van der Waals surface area contributed by atoms with Crippen molar-refractivity contribution in [2.45, 2.75) is 38.1 Å². The highest BCUT2D eigenvalue weighted by Gasteiger charge is 2.49. The number of hydrogen-bond donors (Lipinski definition) is 2. The fourth-order valence-electron chi connectivity index (χ4n) is 4.12. The Kier molecular flexibility index (Phi) is 3.37. The molecule has 0 bridgehead atoms. The number of hydrogen-bond acceptors (Lipinski definition) is 2. The summed E-state index contributed by atoms with van der Waals surface area (Å²) >= 11 is 0. The molecule has 0 aromatic heterocycles. The molecular formula is C15H23N4+. The first-order valence-corrected chi connectivity index (χ1v) is 7.27. The van der Waals surface area contributed by atoms with Gasteiger partial charge in [-0.05, 0) is 38.9 Å². The van der Waals surface area contributed by atoms with Crippen LogP contribution in [0.2, 0.25) is 0 Å². The fourth-order valence-corrected chi connectivity index (χ4v) is 4.12. The zero-order valence-corrected chi connectivity index (χ0v) is 11.6. The predicted octanol–water partition coefficient (Wildman–Crippen LogP) is 1.27. The highest BCUT2D eigenvalue weighted by atomic mass is 15.2. The molecule has 0 unspecified atom stereocenters. The highest BCUT2D eigenvalue weighted by molar-refractivity contribution is 5.91. The van der Waals surface area contributed by atoms with E-state index in [2.05, 4.69) is 40.6 Å². The molecule has 102 valence electrons. The smallest absolute Gasteiger partial charge is 0.230 e. The molecule has 2 atom stereocenters. The number of nitrogens with zero attached hydrogens (tertiary/aromatic N) is 2. The van der Waals surface area contributed by atoms with Gasteiger partial charge in [-0.15, -0.1) is 0 Å². The van der Waals surface area contributed by atoms with Crippen LogP contribution in [-0.2, 0) is 0 Å². The lowest BCUT2D eigenvalue weighted by atomic mass is 9.65. The highest BCUT2D eigenvalue weighted by Crippen LogP contribution is 2.51. The third-order valence-corrected chi connectivity index (χ3v) is 5.09. The van der Waals surface area contributed by atoms with Crippen molar-refractivity contribution >= 4 is 12.2 Å². The summed E-state index contributed by atoms with van der Waals surface area (Å²) < 4.78 is 0. The Bertz CT molecular complexity index is 459. The van der Waals surface area contributed by atoms with E-state index in [1.807, 2.05) is 0 Å². The minimum Gasteiger partial charge on any atom is -0.302 e. The minimum absolute atomic E-state index is 0.371. The van der Waals surface area contributed by atoms with E-state index in [1.165, 1.54) is 44.2 Å². The summed E-state index contributed by atoms with van der Waals surface area (Å²) in [6.07, 6.45) is 14.3. The van der Waals surface area contributed by atoms with E-state index in [4.69, 9.17) is 5.41 Å². The van der Waals surface area contributed by atoms with Crippen LogP contribution in [0.15, 0.2) is 28.9 Å². The summed E-state index contributed by atoms with van der Waals surface area (Å²) in [6, 6.07) is 0.715. The number of nitrogens with two attached hydrogens (primary N) is 1. The molecule has 0 aromatic carbocycles. The van der Waals surface area contributed by atoms with Gasteiger partial charge in [0.1, 0.15) is 12.5 Å². The van der Waals surface area contributed by atoms with E-state index in [9.17, 15) is 0 Å². The van der Waals surface area contributed by atoms with Crippen molar-refractivity contribution in [3.8, 4) is 0 Å². The Hall–Kier alpha value is -1.26. The summed E-state index contributed by atoms with van der Waals surface area (Å²) in [6.45, 7) is 1.22. The van der Waals surface area contributed by atoms with Gasteiger partial charge in [0.15, 0.2) is 0 Å². The van der Waals surface area contributed by atoms with E-state index in [0.717, 1.165) is 12.2 Å². The molecule has 1 saturated carbocycles. The first-order chi connectivity index (χ1) is 9.26. The number of nitrogens with one attached hydrogen (secondary N) is 1. The van der Waals surface area contributed by atoms with E-state index in [1.54, 1.807) is 0 Å². The molecule has 1 aliphatic carbocycles. The van der Waals surface area contributed by atoms with E-state index in [0.29, 0.717) is 11.5 Å². The first kappa shape index (κ1) is 12.8. The molecule has 0 aromatic rings. The average molecular weight is 259 g/mol. The molecule has 3 aliphatic rings. The lowest BCUT2D eigenvalue weighted by Gasteiger charge is -2.42. The maximum atomic E-state index is 7.03. The van der Waals surface area contributed by atoms with Crippen molar-refractivity contribution in [2.75, 3.05) is 13.6 Å². The number of aliphatic imine (C=N–C) groups is 1. The van der Waals surface area contributed by atoms with Crippen LogP contribution < -0.4 is 5.32 Å². The van der Waals surface area contributed by atoms with Gasteiger partial charge in [0.05, 0.1) is 0 Å². The van der Waals surface area contributed by atoms with E-state index < -0.39 is 0 Å². The van der Waals surface area contributed by atoms with Gasteiger partial charge in [-0.1, -0.05) is 12.8 Å². The zero-order chi connectivity index (χ0) is 13.3. The van der Waals surface area contributed by atoms with Crippen LogP contribution in [-0.4, -0.2) is 36.7 Å². The van der Waals surface area contributed by atoms with Crippen molar-refractivity contribution in [1.82, 2.24) is 4.90 Å². The molecule has 1 saturated heterocycles. The van der Waals surface area contributed by atoms with Gasteiger partial charge in [0, 0.05) is 23.1 Å². The fraction of sp³-hybridized carbons (Fsp3) is 0.600. The minimum atomic E-state index is 0.371. The normalized spacial score (nSPS) is 37.2. The molecule has 3 rings (SSSR count). The Morgan fingerprint density at radius 2 is 2.32 bits per heavy atom. The second-order valence-electron chi connectivity index (χ2n) is 5.95. The van der Waals surface area contributed by atoms with Gasteiger partial charge < -0.3 is 4.90 Å². The molecule has 19 heavy (non-hydrogen) atoms. The molecule has 2 heterocycles.